The summed E-state index contributed by atoms with van der Waals surface area (Å²) in [5.41, 5.74) is 3.04. The first-order valence-corrected chi connectivity index (χ1v) is 12.1. The van der Waals surface area contributed by atoms with Crippen molar-refractivity contribution < 1.29 is 18.8 Å². The van der Waals surface area contributed by atoms with Crippen LogP contribution in [0.1, 0.15) is 75.3 Å². The molecule has 6 rings (SSSR count). The monoisotopic (exact) mass is 476 g/mol. The quantitative estimate of drug-likeness (QED) is 0.514. The van der Waals surface area contributed by atoms with Crippen molar-refractivity contribution in [3.05, 3.63) is 39.0 Å². The first-order chi connectivity index (χ1) is 15.2. The molecule has 1 aromatic heterocycles. The Morgan fingerprint density at radius 1 is 1.22 bits per heavy atom. The molecule has 4 unspecified atom stereocenters. The van der Waals surface area contributed by atoms with Gasteiger partial charge in [0.05, 0.1) is 33.3 Å². The smallest absolute Gasteiger partial charge is 0.410 e. The van der Waals surface area contributed by atoms with E-state index in [-0.39, 0.29) is 24.3 Å². The van der Waals surface area contributed by atoms with Gasteiger partial charge in [-0.3, -0.25) is 0 Å². The van der Waals surface area contributed by atoms with Crippen LogP contribution in [0.3, 0.4) is 0 Å². The van der Waals surface area contributed by atoms with Crippen molar-refractivity contribution in [2.45, 2.75) is 76.2 Å². The van der Waals surface area contributed by atoms with E-state index in [0.29, 0.717) is 33.2 Å². The number of carbonyl (C=O) groups excluding carboxylic acids is 1. The van der Waals surface area contributed by atoms with Gasteiger partial charge in [0.2, 0.25) is 0 Å². The number of rotatable bonds is 4. The average Bonchev–Trinajstić information content (AvgIpc) is 3.50. The molecule has 1 aliphatic heterocycles. The molecule has 0 spiro atoms. The van der Waals surface area contributed by atoms with Crippen molar-refractivity contribution in [3.63, 3.8) is 0 Å². The van der Waals surface area contributed by atoms with Crippen LogP contribution >= 0.6 is 23.2 Å². The summed E-state index contributed by atoms with van der Waals surface area (Å²) < 4.78 is 17.7. The van der Waals surface area contributed by atoms with E-state index in [1.165, 1.54) is 0 Å². The number of carbonyl (C=O) groups is 1. The highest BCUT2D eigenvalue weighted by molar-refractivity contribution is 6.39. The predicted octanol–water partition coefficient (Wildman–Crippen LogP) is 6.34. The second-order valence-corrected chi connectivity index (χ2v) is 11.3. The third-order valence-electron chi connectivity index (χ3n) is 6.91. The third kappa shape index (κ3) is 3.42. The van der Waals surface area contributed by atoms with Gasteiger partial charge in [0.1, 0.15) is 17.4 Å². The number of halogens is 2. The van der Waals surface area contributed by atoms with Crippen LogP contribution in [-0.4, -0.2) is 40.4 Å². The van der Waals surface area contributed by atoms with Gasteiger partial charge >= 0.3 is 6.09 Å². The summed E-state index contributed by atoms with van der Waals surface area (Å²) in [6.07, 6.45) is 3.67. The summed E-state index contributed by atoms with van der Waals surface area (Å²) in [7, 11) is 0. The van der Waals surface area contributed by atoms with Crippen LogP contribution in [0.2, 0.25) is 10.0 Å². The number of aromatic nitrogens is 1. The van der Waals surface area contributed by atoms with E-state index in [0.717, 1.165) is 49.0 Å². The van der Waals surface area contributed by atoms with E-state index < -0.39 is 5.60 Å². The summed E-state index contributed by atoms with van der Waals surface area (Å²) in [6, 6.07) is 3.93. The lowest BCUT2D eigenvalue weighted by atomic mass is 10.0. The lowest BCUT2D eigenvalue weighted by molar-refractivity contribution is -0.0396. The fraction of sp³-hybridized carbons (Fsp3) is 0.583. The average molecular weight is 477 g/mol. The van der Waals surface area contributed by atoms with Gasteiger partial charge in [0.15, 0.2) is 5.76 Å². The lowest BCUT2D eigenvalue weighted by Crippen LogP contribution is -2.47. The van der Waals surface area contributed by atoms with Crippen molar-refractivity contribution in [2.24, 2.45) is 5.92 Å². The van der Waals surface area contributed by atoms with E-state index >= 15 is 0 Å². The zero-order valence-electron chi connectivity index (χ0n) is 18.4. The Morgan fingerprint density at radius 3 is 2.69 bits per heavy atom. The van der Waals surface area contributed by atoms with E-state index in [2.05, 4.69) is 5.16 Å². The van der Waals surface area contributed by atoms with Crippen molar-refractivity contribution in [1.29, 1.82) is 0 Å². The zero-order chi connectivity index (χ0) is 22.4. The summed E-state index contributed by atoms with van der Waals surface area (Å²) in [4.78, 5) is 14.5. The summed E-state index contributed by atoms with van der Waals surface area (Å²) in [5, 5.41) is 5.43. The second-order valence-electron chi connectivity index (χ2n) is 10.5. The van der Waals surface area contributed by atoms with E-state index in [1.807, 2.05) is 37.8 Å². The molecule has 6 nitrogen and oxygen atoms in total. The van der Waals surface area contributed by atoms with Crippen LogP contribution in [0.25, 0.3) is 11.3 Å². The minimum atomic E-state index is -0.512. The molecule has 32 heavy (non-hydrogen) atoms. The topological polar surface area (TPSA) is 64.8 Å². The Kier molecular flexibility index (Phi) is 4.63. The van der Waals surface area contributed by atoms with Crippen molar-refractivity contribution in [1.82, 2.24) is 10.1 Å². The molecule has 3 aliphatic carbocycles. The maximum Gasteiger partial charge on any atom is 0.410 e. The summed E-state index contributed by atoms with van der Waals surface area (Å²) in [5.74, 6) is 1.56. The van der Waals surface area contributed by atoms with E-state index in [9.17, 15) is 4.79 Å². The summed E-state index contributed by atoms with van der Waals surface area (Å²) in [6.45, 7) is 6.40. The zero-order valence-corrected chi connectivity index (χ0v) is 19.9. The van der Waals surface area contributed by atoms with Gasteiger partial charge in [0.25, 0.3) is 0 Å². The number of hydrogen-bond donors (Lipinski definition) is 0. The number of ether oxygens (including phenoxy) is 2. The molecule has 4 aliphatic rings. The number of fused-ring (bicyclic) bond motifs is 3. The van der Waals surface area contributed by atoms with Crippen LogP contribution < -0.4 is 0 Å². The highest BCUT2D eigenvalue weighted by atomic mass is 35.5. The molecule has 170 valence electrons. The molecular formula is C24H26Cl2N2O4. The van der Waals surface area contributed by atoms with Crippen molar-refractivity contribution >= 4 is 29.3 Å². The van der Waals surface area contributed by atoms with Crippen LogP contribution in [0.4, 0.5) is 4.79 Å². The van der Waals surface area contributed by atoms with E-state index in [4.69, 9.17) is 37.2 Å². The highest BCUT2D eigenvalue weighted by Crippen LogP contribution is 2.56. The minimum Gasteiger partial charge on any atom is -0.444 e. The Hall–Kier alpha value is -1.76. The molecule has 3 fully saturated rings. The SMILES string of the molecule is CC(C)(C)OC(=O)N1CC2CC(OC3c4noc(-c5c(Cl)ccc(C6CC6)c5Cl)c43)C1C2. The maximum atomic E-state index is 12.7. The van der Waals surface area contributed by atoms with Gasteiger partial charge in [-0.2, -0.15) is 0 Å². The number of piperidine rings is 1. The summed E-state index contributed by atoms with van der Waals surface area (Å²) >= 11 is 13.3. The molecule has 2 bridgehead atoms. The fourth-order valence-corrected chi connectivity index (χ4v) is 5.98. The van der Waals surface area contributed by atoms with Gasteiger partial charge in [0, 0.05) is 6.54 Å². The van der Waals surface area contributed by atoms with Gasteiger partial charge in [-0.25, -0.2) is 4.79 Å². The molecular weight excluding hydrogens is 451 g/mol. The van der Waals surface area contributed by atoms with Gasteiger partial charge in [-0.05, 0) is 69.9 Å². The molecule has 0 radical (unpaired) electrons. The maximum absolute atomic E-state index is 12.7. The molecule has 2 aromatic rings. The fourth-order valence-electron chi connectivity index (χ4n) is 5.28. The molecule has 1 aromatic carbocycles. The largest absolute Gasteiger partial charge is 0.444 e. The number of nitrogens with zero attached hydrogens (tertiary/aromatic N) is 2. The van der Waals surface area contributed by atoms with Gasteiger partial charge < -0.3 is 18.9 Å². The lowest BCUT2D eigenvalue weighted by Gasteiger charge is -2.34. The number of benzene rings is 1. The Balaban J connectivity index is 1.20. The molecule has 8 heteroatoms. The Morgan fingerprint density at radius 2 is 2.00 bits per heavy atom. The molecule has 4 atom stereocenters. The van der Waals surface area contributed by atoms with Crippen LogP contribution in [0, 0.1) is 5.92 Å². The van der Waals surface area contributed by atoms with Crippen LogP contribution in [0.15, 0.2) is 16.7 Å². The molecule has 1 amide bonds. The van der Waals surface area contributed by atoms with Gasteiger partial charge in [-0.15, -0.1) is 0 Å². The van der Waals surface area contributed by atoms with Gasteiger partial charge in [-0.1, -0.05) is 34.4 Å². The predicted molar refractivity (Wildman–Crippen MR) is 120 cm³/mol. The minimum absolute atomic E-state index is 0.0344. The molecule has 2 heterocycles. The normalized spacial score (nSPS) is 28.2. The molecule has 0 N–H and O–H groups in total. The third-order valence-corrected chi connectivity index (χ3v) is 7.63. The van der Waals surface area contributed by atoms with E-state index in [1.54, 1.807) is 0 Å². The molecule has 2 saturated carbocycles. The highest BCUT2D eigenvalue weighted by Gasteiger charge is 2.53. The van der Waals surface area contributed by atoms with Crippen molar-refractivity contribution in [2.75, 3.05) is 6.54 Å². The standard InChI is InChI=1S/C24H26Cl2N2O4/c1-24(2,3)31-23(29)28-10-11-8-15(28)16(9-11)30-22-18-20(22)27-32-21(18)17-14(25)7-6-13(19(17)26)12-4-5-12/h6-7,11-12,15-16,22H,4-5,8-10H2,1-3H3. The number of likely N-dealkylation sites (tertiary alicyclic amines) is 1. The number of hydrogen-bond acceptors (Lipinski definition) is 5. The van der Waals surface area contributed by atoms with Crippen LogP contribution in [0.5, 0.6) is 0 Å². The Bertz CT molecular complexity index is 1100. The second kappa shape index (κ2) is 7.12. The first kappa shape index (κ1) is 20.8. The number of amides is 1. The van der Waals surface area contributed by atoms with Crippen LogP contribution in [-0.2, 0) is 9.47 Å². The Labute approximate surface area is 197 Å². The van der Waals surface area contributed by atoms with Crippen molar-refractivity contribution in [3.8, 4) is 11.3 Å². The molecule has 1 saturated heterocycles. The first-order valence-electron chi connectivity index (χ1n) is 11.3.